The van der Waals surface area contributed by atoms with Crippen LogP contribution in [0.5, 0.6) is 0 Å². The molecule has 0 saturated carbocycles. The summed E-state index contributed by atoms with van der Waals surface area (Å²) in [6.07, 6.45) is 2.62. The lowest BCUT2D eigenvalue weighted by molar-refractivity contribution is -0.117. The number of nitrogens with two attached hydrogens (primary N) is 1. The van der Waals surface area contributed by atoms with Crippen LogP contribution < -0.4 is 11.1 Å². The summed E-state index contributed by atoms with van der Waals surface area (Å²) in [5.41, 5.74) is 5.92. The minimum Gasteiger partial charge on any atom is -0.322 e. The van der Waals surface area contributed by atoms with Crippen LogP contribution in [0.1, 0.15) is 6.42 Å². The molecular weight excluding hydrogens is 358 g/mol. The summed E-state index contributed by atoms with van der Waals surface area (Å²) in [4.78, 5) is 15.6. The van der Waals surface area contributed by atoms with Gasteiger partial charge in [0.05, 0.1) is 17.5 Å². The fourth-order valence-electron chi connectivity index (χ4n) is 1.21. The molecule has 0 bridgehead atoms. The molecule has 1 atom stereocenters. The molecule has 0 aliphatic carbocycles. The fourth-order valence-corrected chi connectivity index (χ4v) is 2.37. The second kappa shape index (κ2) is 6.65. The lowest BCUT2D eigenvalue weighted by Crippen LogP contribution is -2.37. The Morgan fingerprint density at radius 3 is 2.84 bits per heavy atom. The SMILES string of the molecule is CS(=O)(=O)CCC(N)C(=O)Nc1cc(Br)cnc1Cl. The molecule has 106 valence electrons. The van der Waals surface area contributed by atoms with Crippen molar-refractivity contribution >= 4 is 49.0 Å². The molecule has 0 fully saturated rings. The largest absolute Gasteiger partial charge is 0.322 e. The van der Waals surface area contributed by atoms with Crippen LogP contribution in [0.4, 0.5) is 5.69 Å². The second-order valence-electron chi connectivity index (χ2n) is 4.01. The van der Waals surface area contributed by atoms with Crippen LogP contribution in [0.25, 0.3) is 0 Å². The van der Waals surface area contributed by atoms with Crippen molar-refractivity contribution in [3.63, 3.8) is 0 Å². The van der Waals surface area contributed by atoms with Gasteiger partial charge in [-0.25, -0.2) is 13.4 Å². The maximum Gasteiger partial charge on any atom is 0.241 e. The van der Waals surface area contributed by atoms with Gasteiger partial charge in [-0.3, -0.25) is 4.79 Å². The Morgan fingerprint density at radius 2 is 2.26 bits per heavy atom. The van der Waals surface area contributed by atoms with Gasteiger partial charge < -0.3 is 11.1 Å². The number of sulfone groups is 1. The molecule has 0 aliphatic rings. The van der Waals surface area contributed by atoms with Crippen LogP contribution in [-0.4, -0.2) is 37.4 Å². The number of nitrogens with zero attached hydrogens (tertiary/aromatic N) is 1. The molecule has 0 aliphatic heterocycles. The first kappa shape index (κ1) is 16.4. The zero-order chi connectivity index (χ0) is 14.6. The Kier molecular flexibility index (Phi) is 5.72. The molecule has 0 saturated heterocycles. The van der Waals surface area contributed by atoms with Crippen molar-refractivity contribution in [2.24, 2.45) is 5.73 Å². The minimum absolute atomic E-state index is 0.0454. The van der Waals surface area contributed by atoms with Crippen molar-refractivity contribution in [3.8, 4) is 0 Å². The summed E-state index contributed by atoms with van der Waals surface area (Å²) < 4.78 is 22.6. The van der Waals surface area contributed by atoms with Crippen LogP contribution in [0.2, 0.25) is 5.15 Å². The Bertz CT molecular complexity index is 579. The van der Waals surface area contributed by atoms with Crippen molar-refractivity contribution in [2.45, 2.75) is 12.5 Å². The molecule has 0 aromatic carbocycles. The maximum absolute atomic E-state index is 11.8. The summed E-state index contributed by atoms with van der Waals surface area (Å²) >= 11 is 9.01. The standard InChI is InChI=1S/C10H13BrClN3O3S/c1-19(17,18)3-2-7(13)10(16)15-8-4-6(11)5-14-9(8)12/h4-5,7H,2-3,13H2,1H3,(H,15,16). The maximum atomic E-state index is 11.8. The van der Waals surface area contributed by atoms with Crippen LogP contribution in [0, 0.1) is 0 Å². The third-order valence-corrected chi connectivity index (χ3v) is 3.91. The van der Waals surface area contributed by atoms with E-state index in [4.69, 9.17) is 17.3 Å². The highest BCUT2D eigenvalue weighted by Crippen LogP contribution is 2.23. The quantitative estimate of drug-likeness (QED) is 0.758. The third-order valence-electron chi connectivity index (χ3n) is 2.20. The molecule has 9 heteroatoms. The zero-order valence-corrected chi connectivity index (χ0v) is 13.2. The number of hydrogen-bond acceptors (Lipinski definition) is 5. The van der Waals surface area contributed by atoms with Crippen molar-refractivity contribution in [1.82, 2.24) is 4.98 Å². The summed E-state index contributed by atoms with van der Waals surface area (Å²) in [6.45, 7) is 0. The van der Waals surface area contributed by atoms with E-state index in [1.165, 1.54) is 6.20 Å². The van der Waals surface area contributed by atoms with Crippen molar-refractivity contribution in [2.75, 3.05) is 17.3 Å². The average Bonchev–Trinajstić information content (AvgIpc) is 2.29. The number of carbonyl (C=O) groups is 1. The van der Waals surface area contributed by atoms with Gasteiger partial charge >= 0.3 is 0 Å². The number of hydrogen-bond donors (Lipinski definition) is 2. The van der Waals surface area contributed by atoms with E-state index in [1.807, 2.05) is 0 Å². The Labute approximate surface area is 124 Å². The number of carbonyl (C=O) groups excluding carboxylic acids is 1. The fraction of sp³-hybridized carbons (Fsp3) is 0.400. The Hall–Kier alpha value is -0.700. The Balaban J connectivity index is 2.66. The van der Waals surface area contributed by atoms with Gasteiger partial charge in [-0.05, 0) is 28.4 Å². The zero-order valence-electron chi connectivity index (χ0n) is 10.1. The molecule has 1 unspecified atom stereocenters. The highest BCUT2D eigenvalue weighted by atomic mass is 79.9. The normalized spacial score (nSPS) is 13.1. The summed E-state index contributed by atoms with van der Waals surface area (Å²) in [7, 11) is -3.15. The van der Waals surface area contributed by atoms with E-state index in [0.717, 1.165) is 6.26 Å². The second-order valence-corrected chi connectivity index (χ2v) is 7.54. The molecular formula is C10H13BrClN3O3S. The van der Waals surface area contributed by atoms with E-state index >= 15 is 0 Å². The van der Waals surface area contributed by atoms with Crippen LogP contribution in [0.15, 0.2) is 16.7 Å². The van der Waals surface area contributed by atoms with E-state index in [0.29, 0.717) is 10.2 Å². The number of halogens is 2. The Morgan fingerprint density at radius 1 is 1.63 bits per heavy atom. The van der Waals surface area contributed by atoms with Gasteiger partial charge in [0.2, 0.25) is 5.91 Å². The third kappa shape index (κ3) is 5.85. The predicted octanol–water partition coefficient (Wildman–Crippen LogP) is 1.20. The predicted molar refractivity (Wildman–Crippen MR) is 77.9 cm³/mol. The highest BCUT2D eigenvalue weighted by Gasteiger charge is 2.17. The van der Waals surface area contributed by atoms with Crippen LogP contribution >= 0.6 is 27.5 Å². The molecule has 0 radical (unpaired) electrons. The van der Waals surface area contributed by atoms with Crippen molar-refractivity contribution in [1.29, 1.82) is 0 Å². The van der Waals surface area contributed by atoms with E-state index in [1.54, 1.807) is 6.07 Å². The monoisotopic (exact) mass is 369 g/mol. The number of anilines is 1. The molecule has 19 heavy (non-hydrogen) atoms. The van der Waals surface area contributed by atoms with Crippen molar-refractivity contribution in [3.05, 3.63) is 21.9 Å². The highest BCUT2D eigenvalue weighted by molar-refractivity contribution is 9.10. The number of amides is 1. The number of pyridine rings is 1. The molecule has 1 amide bonds. The van der Waals surface area contributed by atoms with Gasteiger partial charge in [-0.15, -0.1) is 0 Å². The molecule has 3 N–H and O–H groups in total. The molecule has 1 aromatic rings. The first-order valence-corrected chi connectivity index (χ1v) is 8.47. The lowest BCUT2D eigenvalue weighted by atomic mass is 10.2. The summed E-state index contributed by atoms with van der Waals surface area (Å²) in [5.74, 6) is -0.656. The van der Waals surface area contributed by atoms with Gasteiger partial charge in [-0.2, -0.15) is 0 Å². The van der Waals surface area contributed by atoms with E-state index in [9.17, 15) is 13.2 Å². The molecule has 1 heterocycles. The minimum atomic E-state index is -3.15. The summed E-state index contributed by atoms with van der Waals surface area (Å²) in [5, 5.41) is 2.64. The van der Waals surface area contributed by atoms with Gasteiger partial charge in [0.15, 0.2) is 5.15 Å². The molecule has 6 nitrogen and oxygen atoms in total. The van der Waals surface area contributed by atoms with Crippen molar-refractivity contribution < 1.29 is 13.2 Å². The molecule has 0 spiro atoms. The van der Waals surface area contributed by atoms with Gasteiger partial charge in [0.25, 0.3) is 0 Å². The first-order chi connectivity index (χ1) is 8.69. The topological polar surface area (TPSA) is 102 Å². The van der Waals surface area contributed by atoms with Crippen LogP contribution in [-0.2, 0) is 14.6 Å². The van der Waals surface area contributed by atoms with Gasteiger partial charge in [-0.1, -0.05) is 11.6 Å². The number of nitrogens with one attached hydrogen (secondary N) is 1. The van der Waals surface area contributed by atoms with E-state index in [2.05, 4.69) is 26.2 Å². The lowest BCUT2D eigenvalue weighted by Gasteiger charge is -2.12. The molecule has 1 rings (SSSR count). The van der Waals surface area contributed by atoms with E-state index < -0.39 is 21.8 Å². The van der Waals surface area contributed by atoms with Gasteiger partial charge in [0, 0.05) is 16.9 Å². The van der Waals surface area contributed by atoms with Gasteiger partial charge in [0.1, 0.15) is 9.84 Å². The molecule has 1 aromatic heterocycles. The van der Waals surface area contributed by atoms with E-state index in [-0.39, 0.29) is 17.3 Å². The number of rotatable bonds is 5. The smallest absolute Gasteiger partial charge is 0.241 e. The van der Waals surface area contributed by atoms with Crippen LogP contribution in [0.3, 0.4) is 0 Å². The summed E-state index contributed by atoms with van der Waals surface area (Å²) in [6, 6.07) is 0.654. The number of aromatic nitrogens is 1. The first-order valence-electron chi connectivity index (χ1n) is 5.24. The average molecular weight is 371 g/mol.